The second kappa shape index (κ2) is 5.16. The molecule has 2 heterocycles. The van der Waals surface area contributed by atoms with Gasteiger partial charge >= 0.3 is 0 Å². The van der Waals surface area contributed by atoms with Gasteiger partial charge in [0.05, 0.1) is 36.5 Å². The lowest BCUT2D eigenvalue weighted by Gasteiger charge is -2.06. The maximum atomic E-state index is 4.98. The number of hydrogen-bond acceptors (Lipinski definition) is 5. The van der Waals surface area contributed by atoms with Crippen LogP contribution in [0.5, 0.6) is 0 Å². The van der Waals surface area contributed by atoms with Gasteiger partial charge in [0.25, 0.3) is 0 Å². The van der Waals surface area contributed by atoms with Gasteiger partial charge in [-0.2, -0.15) is 0 Å². The van der Waals surface area contributed by atoms with Crippen molar-refractivity contribution in [3.05, 3.63) is 36.5 Å². The lowest BCUT2D eigenvalue weighted by Crippen LogP contribution is -2.01. The molecule has 2 aromatic rings. The fourth-order valence-corrected chi connectivity index (χ4v) is 1.36. The van der Waals surface area contributed by atoms with Gasteiger partial charge in [0, 0.05) is 12.6 Å². The Morgan fingerprint density at radius 1 is 1.25 bits per heavy atom. The topological polar surface area (TPSA) is 63.0 Å². The number of rotatable bonds is 5. The van der Waals surface area contributed by atoms with Crippen LogP contribution in [-0.4, -0.2) is 16.7 Å². The van der Waals surface area contributed by atoms with Crippen LogP contribution in [0.15, 0.2) is 35.2 Å². The van der Waals surface area contributed by atoms with Crippen molar-refractivity contribution >= 4 is 11.4 Å². The highest BCUT2D eigenvalue weighted by molar-refractivity contribution is 5.53. The molecule has 0 aromatic carbocycles. The molecule has 5 heteroatoms. The number of pyridine rings is 1. The summed E-state index contributed by atoms with van der Waals surface area (Å²) < 4.78 is 4.98. The van der Waals surface area contributed by atoms with Crippen LogP contribution in [0.3, 0.4) is 0 Å². The van der Waals surface area contributed by atoms with E-state index in [-0.39, 0.29) is 0 Å². The summed E-state index contributed by atoms with van der Waals surface area (Å²) in [6.07, 6.45) is 5.20. The minimum Gasteiger partial charge on any atom is -0.384 e. The van der Waals surface area contributed by atoms with E-state index in [4.69, 9.17) is 4.52 Å². The summed E-state index contributed by atoms with van der Waals surface area (Å²) in [5.41, 5.74) is 1.96. The first-order valence-electron chi connectivity index (χ1n) is 5.21. The molecule has 0 radical (unpaired) electrons. The second-order valence-corrected chi connectivity index (χ2v) is 3.32. The van der Waals surface area contributed by atoms with Gasteiger partial charge in [0.1, 0.15) is 0 Å². The number of nitrogens with zero attached hydrogens (tertiary/aromatic N) is 2. The fraction of sp³-hybridized carbons (Fsp3) is 0.273. The SMILES string of the molecule is CCNc1cncc(NCc2ccno2)c1. The molecule has 0 unspecified atom stereocenters. The Morgan fingerprint density at radius 2 is 2.06 bits per heavy atom. The quantitative estimate of drug-likeness (QED) is 0.804. The van der Waals surface area contributed by atoms with Gasteiger partial charge in [-0.05, 0) is 13.0 Å². The number of aromatic nitrogens is 2. The zero-order valence-corrected chi connectivity index (χ0v) is 9.10. The third-order valence-corrected chi connectivity index (χ3v) is 2.08. The average Bonchev–Trinajstić information content (AvgIpc) is 2.80. The van der Waals surface area contributed by atoms with E-state index in [1.54, 1.807) is 18.6 Å². The van der Waals surface area contributed by atoms with E-state index in [1.807, 2.05) is 12.1 Å². The van der Waals surface area contributed by atoms with Gasteiger partial charge in [-0.3, -0.25) is 4.98 Å². The molecule has 0 aliphatic heterocycles. The molecule has 2 aromatic heterocycles. The molecule has 16 heavy (non-hydrogen) atoms. The van der Waals surface area contributed by atoms with Gasteiger partial charge in [0.2, 0.25) is 0 Å². The van der Waals surface area contributed by atoms with E-state index in [0.29, 0.717) is 6.54 Å². The minimum atomic E-state index is 0.608. The largest absolute Gasteiger partial charge is 0.384 e. The summed E-state index contributed by atoms with van der Waals surface area (Å²) >= 11 is 0. The van der Waals surface area contributed by atoms with Crippen molar-refractivity contribution in [2.24, 2.45) is 0 Å². The zero-order valence-electron chi connectivity index (χ0n) is 9.10. The molecule has 0 amide bonds. The Hall–Kier alpha value is -2.04. The molecule has 0 aliphatic rings. The molecule has 0 spiro atoms. The van der Waals surface area contributed by atoms with Crippen molar-refractivity contribution < 1.29 is 4.52 Å². The van der Waals surface area contributed by atoms with E-state index in [1.165, 1.54) is 0 Å². The Morgan fingerprint density at radius 3 is 2.75 bits per heavy atom. The van der Waals surface area contributed by atoms with E-state index in [9.17, 15) is 0 Å². The molecule has 2 rings (SSSR count). The van der Waals surface area contributed by atoms with Gasteiger partial charge < -0.3 is 15.2 Å². The van der Waals surface area contributed by atoms with E-state index >= 15 is 0 Å². The molecule has 0 bridgehead atoms. The van der Waals surface area contributed by atoms with Crippen LogP contribution in [0.25, 0.3) is 0 Å². The third-order valence-electron chi connectivity index (χ3n) is 2.08. The molecule has 0 saturated heterocycles. The molecule has 0 fully saturated rings. The predicted molar refractivity (Wildman–Crippen MR) is 62.2 cm³/mol. The van der Waals surface area contributed by atoms with Crippen molar-refractivity contribution in [3.8, 4) is 0 Å². The Balaban J connectivity index is 1.96. The smallest absolute Gasteiger partial charge is 0.155 e. The molecule has 0 atom stereocenters. The van der Waals surface area contributed by atoms with Gasteiger partial charge in [0.15, 0.2) is 5.76 Å². The Labute approximate surface area is 93.9 Å². The highest BCUT2D eigenvalue weighted by Gasteiger charge is 1.98. The van der Waals surface area contributed by atoms with E-state index < -0.39 is 0 Å². The molecule has 0 saturated carbocycles. The van der Waals surface area contributed by atoms with Crippen LogP contribution in [0.1, 0.15) is 12.7 Å². The molecular formula is C11H14N4O. The predicted octanol–water partition coefficient (Wildman–Crippen LogP) is 2.11. The van der Waals surface area contributed by atoms with Crippen LogP contribution < -0.4 is 10.6 Å². The summed E-state index contributed by atoms with van der Waals surface area (Å²) in [7, 11) is 0. The molecule has 84 valence electrons. The summed E-state index contributed by atoms with van der Waals surface area (Å²) in [5.74, 6) is 0.800. The normalized spacial score (nSPS) is 10.1. The number of nitrogens with one attached hydrogen (secondary N) is 2. The first-order chi connectivity index (χ1) is 7.88. The van der Waals surface area contributed by atoms with Crippen LogP contribution in [-0.2, 0) is 6.54 Å². The standard InChI is InChI=1S/C11H14N4O/c1-2-13-9-5-10(7-12-6-9)14-8-11-3-4-15-16-11/h3-7,13-14H,2,8H2,1H3. The van der Waals surface area contributed by atoms with Crippen LogP contribution in [0.2, 0.25) is 0 Å². The first kappa shape index (κ1) is 10.5. The van der Waals surface area contributed by atoms with Gasteiger partial charge in [-0.15, -0.1) is 0 Å². The van der Waals surface area contributed by atoms with Crippen molar-refractivity contribution in [1.29, 1.82) is 0 Å². The molecular weight excluding hydrogens is 204 g/mol. The van der Waals surface area contributed by atoms with Crippen molar-refractivity contribution in [2.75, 3.05) is 17.2 Å². The number of hydrogen-bond donors (Lipinski definition) is 2. The highest BCUT2D eigenvalue weighted by atomic mass is 16.5. The minimum absolute atomic E-state index is 0.608. The summed E-state index contributed by atoms with van der Waals surface area (Å²) in [4.78, 5) is 4.13. The maximum absolute atomic E-state index is 4.98. The van der Waals surface area contributed by atoms with E-state index in [0.717, 1.165) is 23.7 Å². The summed E-state index contributed by atoms with van der Waals surface area (Å²) in [6.45, 7) is 3.54. The number of anilines is 2. The van der Waals surface area contributed by atoms with Crippen molar-refractivity contribution in [1.82, 2.24) is 10.1 Å². The summed E-state index contributed by atoms with van der Waals surface area (Å²) in [6, 6.07) is 3.83. The van der Waals surface area contributed by atoms with Crippen LogP contribution in [0, 0.1) is 0 Å². The maximum Gasteiger partial charge on any atom is 0.155 e. The zero-order chi connectivity index (χ0) is 11.2. The summed E-state index contributed by atoms with van der Waals surface area (Å²) in [5, 5.41) is 10.1. The average molecular weight is 218 g/mol. The van der Waals surface area contributed by atoms with Crippen molar-refractivity contribution in [2.45, 2.75) is 13.5 Å². The lowest BCUT2D eigenvalue weighted by molar-refractivity contribution is 0.388. The van der Waals surface area contributed by atoms with E-state index in [2.05, 4.69) is 27.7 Å². The lowest BCUT2D eigenvalue weighted by atomic mass is 10.3. The molecule has 5 nitrogen and oxygen atoms in total. The second-order valence-electron chi connectivity index (χ2n) is 3.32. The molecule has 2 N–H and O–H groups in total. The van der Waals surface area contributed by atoms with Crippen LogP contribution >= 0.6 is 0 Å². The Bertz CT molecular complexity index is 427. The third kappa shape index (κ3) is 2.73. The highest BCUT2D eigenvalue weighted by Crippen LogP contribution is 2.13. The van der Waals surface area contributed by atoms with Gasteiger partial charge in [-0.25, -0.2) is 0 Å². The fourth-order valence-electron chi connectivity index (χ4n) is 1.36. The van der Waals surface area contributed by atoms with Gasteiger partial charge in [-0.1, -0.05) is 5.16 Å². The first-order valence-corrected chi connectivity index (χ1v) is 5.21. The monoisotopic (exact) mass is 218 g/mol. The molecule has 0 aliphatic carbocycles. The Kier molecular flexibility index (Phi) is 3.38. The van der Waals surface area contributed by atoms with Crippen LogP contribution in [0.4, 0.5) is 11.4 Å². The van der Waals surface area contributed by atoms with Crippen molar-refractivity contribution in [3.63, 3.8) is 0 Å².